The molecule has 5 aromatic rings. The van der Waals surface area contributed by atoms with Crippen LogP contribution >= 0.6 is 11.3 Å². The Hall–Kier alpha value is -3.89. The van der Waals surface area contributed by atoms with Gasteiger partial charge in [0.15, 0.2) is 9.84 Å². The molecule has 0 fully saturated rings. The highest BCUT2D eigenvalue weighted by Crippen LogP contribution is 2.36. The highest BCUT2D eigenvalue weighted by atomic mass is 32.2. The molecule has 0 aliphatic rings. The maximum atomic E-state index is 12.2. The number of pyridine rings is 1. The zero-order valence-corrected chi connectivity index (χ0v) is 19.9. The second-order valence-corrected chi connectivity index (χ2v) is 10.8. The molecule has 10 heteroatoms. The van der Waals surface area contributed by atoms with Crippen LogP contribution in [0.2, 0.25) is 0 Å². The largest absolute Gasteiger partial charge is 0.353 e. The van der Waals surface area contributed by atoms with Crippen molar-refractivity contribution < 1.29 is 13.2 Å². The summed E-state index contributed by atoms with van der Waals surface area (Å²) in [4.78, 5) is 24.7. The number of carbonyl (C=O) groups excluding carboxylic acids is 1. The van der Waals surface area contributed by atoms with Gasteiger partial charge in [-0.15, -0.1) is 11.3 Å². The van der Waals surface area contributed by atoms with Crippen LogP contribution in [0.25, 0.3) is 32.2 Å². The molecule has 3 aromatic heterocycles. The lowest BCUT2D eigenvalue weighted by Gasteiger charge is -2.13. The first-order valence-corrected chi connectivity index (χ1v) is 13.0. The maximum absolute atomic E-state index is 12.2. The molecule has 170 valence electrons. The molecule has 8 nitrogen and oxygen atoms in total. The zero-order chi connectivity index (χ0) is 23.9. The van der Waals surface area contributed by atoms with Crippen molar-refractivity contribution >= 4 is 64.6 Å². The molecule has 0 saturated carbocycles. The van der Waals surface area contributed by atoms with Gasteiger partial charge in [0.25, 0.3) is 0 Å². The molecule has 0 spiro atoms. The Morgan fingerprint density at radius 1 is 1.00 bits per heavy atom. The Morgan fingerprint density at radius 2 is 1.82 bits per heavy atom. The number of sulfone groups is 1. The van der Waals surface area contributed by atoms with Gasteiger partial charge in [0, 0.05) is 47.7 Å². The SMILES string of the molecule is CC(=O)Nc1cc2cc(-c3cc(Nc4cnccc4S(C)(=O)=O)cc4nccnc34)ccc2s1. The summed E-state index contributed by atoms with van der Waals surface area (Å²) in [5.74, 6) is -0.115. The van der Waals surface area contributed by atoms with Crippen molar-refractivity contribution in [3.05, 3.63) is 67.3 Å². The lowest BCUT2D eigenvalue weighted by molar-refractivity contribution is -0.114. The Morgan fingerprint density at radius 3 is 2.62 bits per heavy atom. The molecule has 2 aromatic carbocycles. The first-order chi connectivity index (χ1) is 16.3. The fourth-order valence-electron chi connectivity index (χ4n) is 3.77. The van der Waals surface area contributed by atoms with Crippen molar-refractivity contribution in [3.8, 4) is 11.1 Å². The predicted octanol–water partition coefficient (Wildman–Crippen LogP) is 5.01. The van der Waals surface area contributed by atoms with E-state index in [0.29, 0.717) is 16.9 Å². The summed E-state index contributed by atoms with van der Waals surface area (Å²) in [5.41, 5.74) is 4.18. The Balaban J connectivity index is 1.63. The minimum absolute atomic E-state index is 0.115. The summed E-state index contributed by atoms with van der Waals surface area (Å²) < 4.78 is 25.5. The van der Waals surface area contributed by atoms with Crippen LogP contribution in [0.15, 0.2) is 72.1 Å². The molecule has 0 saturated heterocycles. The van der Waals surface area contributed by atoms with Crippen molar-refractivity contribution in [2.75, 3.05) is 16.9 Å². The van der Waals surface area contributed by atoms with E-state index in [1.807, 2.05) is 36.4 Å². The molecule has 0 unspecified atom stereocenters. The molecule has 0 radical (unpaired) electrons. The molecular formula is C24H19N5O3S2. The standard InChI is InChI=1S/C24H19N5O3S2/c1-14(30)28-23-10-16-9-15(3-4-21(16)33-23)18-11-17(12-19-24(18)27-8-7-26-19)29-20-13-25-6-5-22(20)34(2,31)32/h3-13,29H,1-2H3,(H,28,30). The van der Waals surface area contributed by atoms with Crippen molar-refractivity contribution in [3.63, 3.8) is 0 Å². The van der Waals surface area contributed by atoms with E-state index in [0.717, 1.165) is 38.0 Å². The molecular weight excluding hydrogens is 470 g/mol. The van der Waals surface area contributed by atoms with Gasteiger partial charge in [-0.2, -0.15) is 0 Å². The number of anilines is 3. The average molecular weight is 490 g/mol. The van der Waals surface area contributed by atoms with E-state index in [9.17, 15) is 13.2 Å². The van der Waals surface area contributed by atoms with Crippen LogP contribution in [0.1, 0.15) is 6.92 Å². The number of benzene rings is 2. The number of hydrogen-bond acceptors (Lipinski definition) is 8. The van der Waals surface area contributed by atoms with Crippen LogP contribution in [-0.2, 0) is 14.6 Å². The van der Waals surface area contributed by atoms with Crippen LogP contribution in [-0.4, -0.2) is 35.5 Å². The van der Waals surface area contributed by atoms with Gasteiger partial charge in [0.05, 0.1) is 32.8 Å². The molecule has 1 amide bonds. The topological polar surface area (TPSA) is 114 Å². The fraction of sp³-hybridized carbons (Fsp3) is 0.0833. The third kappa shape index (κ3) is 4.33. The van der Waals surface area contributed by atoms with E-state index < -0.39 is 9.84 Å². The first-order valence-electron chi connectivity index (χ1n) is 10.3. The number of fused-ring (bicyclic) bond motifs is 2. The maximum Gasteiger partial charge on any atom is 0.221 e. The molecule has 0 bridgehead atoms. The second kappa shape index (κ2) is 8.47. The van der Waals surface area contributed by atoms with Gasteiger partial charge in [-0.05, 0) is 47.3 Å². The van der Waals surface area contributed by atoms with Crippen molar-refractivity contribution in [2.24, 2.45) is 0 Å². The van der Waals surface area contributed by atoms with Crippen LogP contribution in [0.4, 0.5) is 16.4 Å². The fourth-order valence-corrected chi connectivity index (χ4v) is 5.57. The van der Waals surface area contributed by atoms with Crippen LogP contribution in [0, 0.1) is 0 Å². The zero-order valence-electron chi connectivity index (χ0n) is 18.2. The lowest BCUT2D eigenvalue weighted by Crippen LogP contribution is -2.03. The number of aromatic nitrogens is 3. The summed E-state index contributed by atoms with van der Waals surface area (Å²) in [6, 6.07) is 13.2. The highest BCUT2D eigenvalue weighted by molar-refractivity contribution is 7.90. The van der Waals surface area contributed by atoms with E-state index >= 15 is 0 Å². The minimum Gasteiger partial charge on any atom is -0.353 e. The van der Waals surface area contributed by atoms with E-state index in [1.165, 1.54) is 36.7 Å². The smallest absolute Gasteiger partial charge is 0.221 e. The number of carbonyl (C=O) groups is 1. The Bertz CT molecular complexity index is 1680. The molecule has 2 N–H and O–H groups in total. The van der Waals surface area contributed by atoms with Gasteiger partial charge in [-0.3, -0.25) is 19.7 Å². The summed E-state index contributed by atoms with van der Waals surface area (Å²) in [5, 5.41) is 7.79. The highest BCUT2D eigenvalue weighted by Gasteiger charge is 2.15. The number of hydrogen-bond donors (Lipinski definition) is 2. The van der Waals surface area contributed by atoms with Gasteiger partial charge in [0.1, 0.15) is 0 Å². The molecule has 34 heavy (non-hydrogen) atoms. The average Bonchev–Trinajstić information content (AvgIpc) is 3.19. The number of thiophene rings is 1. The first kappa shape index (κ1) is 21.9. The summed E-state index contributed by atoms with van der Waals surface area (Å²) in [6.07, 6.45) is 7.35. The molecule has 0 aliphatic carbocycles. The number of nitrogens with one attached hydrogen (secondary N) is 2. The Labute approximate surface area is 199 Å². The van der Waals surface area contributed by atoms with Gasteiger partial charge >= 0.3 is 0 Å². The third-order valence-corrected chi connectivity index (χ3v) is 7.35. The van der Waals surface area contributed by atoms with E-state index in [4.69, 9.17) is 0 Å². The summed E-state index contributed by atoms with van der Waals surface area (Å²) in [7, 11) is -3.45. The number of nitrogens with zero attached hydrogens (tertiary/aromatic N) is 3. The lowest BCUT2D eigenvalue weighted by atomic mass is 10.0. The predicted molar refractivity (Wildman–Crippen MR) is 135 cm³/mol. The Kier molecular flexibility index (Phi) is 5.46. The van der Waals surface area contributed by atoms with E-state index in [2.05, 4.69) is 25.6 Å². The minimum atomic E-state index is -3.45. The van der Waals surface area contributed by atoms with Gasteiger partial charge in [0.2, 0.25) is 5.91 Å². The second-order valence-electron chi connectivity index (χ2n) is 7.76. The van der Waals surface area contributed by atoms with E-state index in [-0.39, 0.29) is 10.8 Å². The molecule has 3 heterocycles. The molecule has 5 rings (SSSR count). The molecule has 0 aliphatic heterocycles. The van der Waals surface area contributed by atoms with Crippen molar-refractivity contribution in [1.82, 2.24) is 15.0 Å². The third-order valence-electron chi connectivity index (χ3n) is 5.16. The van der Waals surface area contributed by atoms with Crippen LogP contribution in [0.5, 0.6) is 0 Å². The van der Waals surface area contributed by atoms with Gasteiger partial charge in [-0.1, -0.05) is 6.07 Å². The van der Waals surface area contributed by atoms with Crippen molar-refractivity contribution in [2.45, 2.75) is 11.8 Å². The van der Waals surface area contributed by atoms with Gasteiger partial charge in [-0.25, -0.2) is 8.42 Å². The van der Waals surface area contributed by atoms with Crippen LogP contribution < -0.4 is 10.6 Å². The number of amides is 1. The number of rotatable bonds is 5. The van der Waals surface area contributed by atoms with Gasteiger partial charge < -0.3 is 10.6 Å². The summed E-state index contributed by atoms with van der Waals surface area (Å²) >= 11 is 1.51. The quantitative estimate of drug-likeness (QED) is 0.357. The normalized spacial score (nSPS) is 11.6. The monoisotopic (exact) mass is 489 g/mol. The van der Waals surface area contributed by atoms with Crippen LogP contribution in [0.3, 0.4) is 0 Å². The molecule has 0 atom stereocenters. The van der Waals surface area contributed by atoms with Crippen molar-refractivity contribution in [1.29, 1.82) is 0 Å². The summed E-state index contributed by atoms with van der Waals surface area (Å²) in [6.45, 7) is 1.48. The van der Waals surface area contributed by atoms with E-state index in [1.54, 1.807) is 12.4 Å².